The lowest BCUT2D eigenvalue weighted by Gasteiger charge is -2.55. The summed E-state index contributed by atoms with van der Waals surface area (Å²) in [5.74, 6) is -4.16. The largest absolute Gasteiger partial charge is 0.404 e. The van der Waals surface area contributed by atoms with Crippen LogP contribution >= 0.6 is 0 Å². The van der Waals surface area contributed by atoms with Crippen molar-refractivity contribution >= 4 is 47.1 Å². The van der Waals surface area contributed by atoms with Crippen LogP contribution in [0.1, 0.15) is 83.0 Å². The van der Waals surface area contributed by atoms with Crippen molar-refractivity contribution in [1.82, 2.24) is 35.6 Å². The van der Waals surface area contributed by atoms with Gasteiger partial charge in [-0.1, -0.05) is 30.3 Å². The fourth-order valence-corrected chi connectivity index (χ4v) is 8.56. The molecule has 1 atom stereocenters. The van der Waals surface area contributed by atoms with Gasteiger partial charge in [0.2, 0.25) is 11.8 Å². The molecule has 1 unspecified atom stereocenters. The van der Waals surface area contributed by atoms with Crippen LogP contribution in [-0.4, -0.2) is 99.1 Å². The summed E-state index contributed by atoms with van der Waals surface area (Å²) in [5.41, 5.74) is 8.34. The van der Waals surface area contributed by atoms with Crippen LogP contribution in [0.3, 0.4) is 0 Å². The molecule has 8 rings (SSSR count). The van der Waals surface area contributed by atoms with Crippen LogP contribution in [0.25, 0.3) is 11.1 Å². The molecular weight excluding hydrogens is 837 g/mol. The maximum absolute atomic E-state index is 15.4. The third-order valence-corrected chi connectivity index (χ3v) is 12.7. The van der Waals surface area contributed by atoms with Gasteiger partial charge in [0.15, 0.2) is 5.82 Å². The molecule has 4 aromatic rings. The van der Waals surface area contributed by atoms with Crippen molar-refractivity contribution in [1.29, 1.82) is 0 Å². The zero-order valence-electron chi connectivity index (χ0n) is 35.3. The SMILES string of the molecule is Cc1cc(-c2ccc(CN3CCC4(CC3)CN(c3cc5c(cc3F)C(=O)N(C3CCC(=O)NC3=O)C5=O)C4)cc2)ccc1N=C/C(=C\N)C(=O)NCc1nc(C(C)(C)C(F)(F)F)n[nH]1. The third-order valence-electron chi connectivity index (χ3n) is 12.7. The average Bonchev–Trinajstić information content (AvgIpc) is 3.82. The molecular formula is C45H46F4N10O5. The van der Waals surface area contributed by atoms with Crippen molar-refractivity contribution in [3.05, 3.63) is 106 Å². The molecule has 5 heterocycles. The summed E-state index contributed by atoms with van der Waals surface area (Å²) in [5, 5.41) is 10.8. The second-order valence-corrected chi connectivity index (χ2v) is 17.4. The van der Waals surface area contributed by atoms with E-state index < -0.39 is 58.8 Å². The van der Waals surface area contributed by atoms with Crippen molar-refractivity contribution in [3.8, 4) is 11.1 Å². The Morgan fingerprint density at radius 2 is 1.66 bits per heavy atom. The fraction of sp³-hybridized carbons (Fsp3) is 0.378. The number of aromatic nitrogens is 3. The maximum Gasteiger partial charge on any atom is 0.401 e. The molecule has 5 N–H and O–H groups in total. The van der Waals surface area contributed by atoms with E-state index in [0.717, 1.165) is 85.7 Å². The van der Waals surface area contributed by atoms with Gasteiger partial charge in [0.05, 0.1) is 34.6 Å². The highest BCUT2D eigenvalue weighted by Gasteiger charge is 2.52. The molecule has 15 nitrogen and oxygen atoms in total. The minimum Gasteiger partial charge on any atom is -0.404 e. The number of aromatic amines is 1. The number of carbonyl (C=O) groups is 5. The van der Waals surface area contributed by atoms with E-state index in [9.17, 15) is 37.1 Å². The lowest BCUT2D eigenvalue weighted by atomic mass is 9.71. The van der Waals surface area contributed by atoms with Crippen LogP contribution in [0.2, 0.25) is 0 Å². The number of nitrogens with one attached hydrogen (secondary N) is 3. The molecule has 4 aliphatic rings. The normalized spacial score (nSPS) is 19.4. The van der Waals surface area contributed by atoms with Gasteiger partial charge in [0.25, 0.3) is 17.7 Å². The topological polar surface area (TPSA) is 199 Å². The van der Waals surface area contributed by atoms with E-state index in [1.165, 1.54) is 12.3 Å². The number of aliphatic imine (C=N–C) groups is 1. The number of H-pyrrole nitrogens is 1. The Morgan fingerprint density at radius 3 is 2.30 bits per heavy atom. The number of piperidine rings is 2. The molecule has 0 aliphatic carbocycles. The molecule has 3 saturated heterocycles. The molecule has 1 spiro atoms. The Kier molecular flexibility index (Phi) is 11.5. The summed E-state index contributed by atoms with van der Waals surface area (Å²) in [4.78, 5) is 76.8. The molecule has 64 heavy (non-hydrogen) atoms. The number of nitrogens with zero attached hydrogens (tertiary/aromatic N) is 6. The Labute approximate surface area is 365 Å². The second-order valence-electron chi connectivity index (χ2n) is 17.4. The van der Waals surface area contributed by atoms with Gasteiger partial charge in [0.1, 0.15) is 23.1 Å². The molecule has 19 heteroatoms. The number of aryl methyl sites for hydroxylation is 1. The molecule has 4 aliphatic heterocycles. The van der Waals surface area contributed by atoms with Gasteiger partial charge in [-0.2, -0.15) is 18.3 Å². The zero-order chi connectivity index (χ0) is 45.7. The van der Waals surface area contributed by atoms with Crippen molar-refractivity contribution in [2.75, 3.05) is 31.1 Å². The summed E-state index contributed by atoms with van der Waals surface area (Å²) < 4.78 is 55.5. The lowest BCUT2D eigenvalue weighted by Crippen LogP contribution is -2.60. The first-order valence-electron chi connectivity index (χ1n) is 20.8. The van der Waals surface area contributed by atoms with E-state index in [-0.39, 0.29) is 53.0 Å². The average molecular weight is 883 g/mol. The summed E-state index contributed by atoms with van der Waals surface area (Å²) in [7, 11) is 0. The van der Waals surface area contributed by atoms with Crippen molar-refractivity contribution in [2.24, 2.45) is 16.1 Å². The number of rotatable bonds is 11. The highest BCUT2D eigenvalue weighted by molar-refractivity contribution is 6.23. The first-order valence-corrected chi connectivity index (χ1v) is 20.8. The molecule has 1 aromatic heterocycles. The van der Waals surface area contributed by atoms with E-state index in [2.05, 4.69) is 60.0 Å². The summed E-state index contributed by atoms with van der Waals surface area (Å²) in [6, 6.07) is 15.5. The highest BCUT2D eigenvalue weighted by Crippen LogP contribution is 2.45. The van der Waals surface area contributed by atoms with E-state index in [1.54, 1.807) is 0 Å². The van der Waals surface area contributed by atoms with Crippen molar-refractivity contribution in [3.63, 3.8) is 0 Å². The molecule has 334 valence electrons. The first kappa shape index (κ1) is 43.9. The van der Waals surface area contributed by atoms with Crippen LogP contribution in [0, 0.1) is 18.2 Å². The van der Waals surface area contributed by atoms with Crippen LogP contribution in [0.15, 0.2) is 71.4 Å². The molecule has 3 aromatic carbocycles. The summed E-state index contributed by atoms with van der Waals surface area (Å²) in [6.45, 7) is 7.39. The first-order chi connectivity index (χ1) is 30.4. The van der Waals surface area contributed by atoms with Gasteiger partial charge in [0, 0.05) is 43.9 Å². The molecule has 5 amide bonds. The Bertz CT molecular complexity index is 2610. The second kappa shape index (κ2) is 16.7. The number of amides is 5. The molecule has 3 fully saturated rings. The minimum absolute atomic E-state index is 0.00252. The van der Waals surface area contributed by atoms with Gasteiger partial charge in [-0.25, -0.2) is 9.37 Å². The van der Waals surface area contributed by atoms with Gasteiger partial charge in [-0.3, -0.25) is 49.2 Å². The van der Waals surface area contributed by atoms with Crippen molar-refractivity contribution in [2.45, 2.75) is 77.2 Å². The van der Waals surface area contributed by atoms with E-state index in [1.807, 2.05) is 30.0 Å². The molecule has 0 bridgehead atoms. The van der Waals surface area contributed by atoms with Crippen LogP contribution < -0.4 is 21.3 Å². The quantitative estimate of drug-likeness (QED) is 0.0679. The number of halogens is 4. The number of hydrogen-bond donors (Lipinski definition) is 4. The van der Waals surface area contributed by atoms with Crippen LogP contribution in [-0.2, 0) is 32.9 Å². The predicted molar refractivity (Wildman–Crippen MR) is 227 cm³/mol. The predicted octanol–water partition coefficient (Wildman–Crippen LogP) is 5.12. The van der Waals surface area contributed by atoms with Gasteiger partial charge < -0.3 is 16.0 Å². The maximum atomic E-state index is 15.4. The summed E-state index contributed by atoms with van der Waals surface area (Å²) >= 11 is 0. The number of likely N-dealkylation sites (tertiary alicyclic amines) is 1. The molecule has 0 saturated carbocycles. The van der Waals surface area contributed by atoms with E-state index in [0.29, 0.717) is 18.8 Å². The zero-order valence-corrected chi connectivity index (χ0v) is 35.3. The van der Waals surface area contributed by atoms with E-state index in [4.69, 9.17) is 5.73 Å². The number of benzene rings is 3. The van der Waals surface area contributed by atoms with Gasteiger partial charge in [-0.15, -0.1) is 0 Å². The fourth-order valence-electron chi connectivity index (χ4n) is 8.56. The van der Waals surface area contributed by atoms with Gasteiger partial charge in [-0.05, 0) is 99.6 Å². The Balaban J connectivity index is 0.811. The van der Waals surface area contributed by atoms with Crippen molar-refractivity contribution < 1.29 is 41.5 Å². The number of imide groups is 2. The smallest absolute Gasteiger partial charge is 0.401 e. The lowest BCUT2D eigenvalue weighted by molar-refractivity contribution is -0.182. The van der Waals surface area contributed by atoms with E-state index >= 15 is 4.39 Å². The number of hydrogen-bond acceptors (Lipinski definition) is 11. The van der Waals surface area contributed by atoms with Crippen LogP contribution in [0.4, 0.5) is 28.9 Å². The third kappa shape index (κ3) is 8.38. The van der Waals surface area contributed by atoms with Crippen LogP contribution in [0.5, 0.6) is 0 Å². The Hall–Kier alpha value is -6.76. The highest BCUT2D eigenvalue weighted by atomic mass is 19.4. The van der Waals surface area contributed by atoms with Gasteiger partial charge >= 0.3 is 6.18 Å². The standard InChI is InChI=1S/C45H46F4N10O5/c1-25-16-28(8-9-33(25)51-20-29(19-50)38(61)52-21-36-53-42(56-55-36)43(2,3)45(47,48)49)27-6-4-26(5-7-27)22-57-14-12-44(13-15-57)23-58(24-44)35-18-31-30(17-32(35)46)40(63)59(41(31)64)34-10-11-37(60)54-39(34)62/h4-9,16-20,34H,10-15,21-24,50H2,1-3H3,(H,52,61)(H,53,55,56)(H,54,60,62)/b29-19+,51-20?. The number of anilines is 1. The Morgan fingerprint density at radius 1 is 0.984 bits per heavy atom. The number of nitrogens with two attached hydrogens (primary N) is 1. The number of alkyl halides is 3. The minimum atomic E-state index is -4.56. The summed E-state index contributed by atoms with van der Waals surface area (Å²) in [6.07, 6.45) is -0.279. The number of carbonyl (C=O) groups excluding carboxylic acids is 5. The molecule has 0 radical (unpaired) electrons. The number of fused-ring (bicyclic) bond motifs is 1. The monoisotopic (exact) mass is 882 g/mol.